The molecule has 1 amide bonds. The highest BCUT2D eigenvalue weighted by Crippen LogP contribution is 2.16. The Morgan fingerprint density at radius 2 is 2.11 bits per heavy atom. The highest BCUT2D eigenvalue weighted by molar-refractivity contribution is 5.95. The van der Waals surface area contributed by atoms with Crippen molar-refractivity contribution in [1.82, 2.24) is 5.32 Å². The summed E-state index contributed by atoms with van der Waals surface area (Å²) in [6.45, 7) is 2.85. The summed E-state index contributed by atoms with van der Waals surface area (Å²) in [5.74, 6) is -0.209. The van der Waals surface area contributed by atoms with Gasteiger partial charge in [0, 0.05) is 24.2 Å². The van der Waals surface area contributed by atoms with Crippen LogP contribution >= 0.6 is 12.4 Å². The molecule has 0 bridgehead atoms. The Labute approximate surface area is 117 Å². The number of rotatable bonds is 6. The number of carbonyl (C=O) groups is 1. The lowest BCUT2D eigenvalue weighted by Crippen LogP contribution is -2.25. The molecule has 0 aliphatic carbocycles. The van der Waals surface area contributed by atoms with Gasteiger partial charge in [0.2, 0.25) is 0 Å². The van der Waals surface area contributed by atoms with Crippen molar-refractivity contribution in [1.29, 1.82) is 0 Å². The number of nitrogens with one attached hydrogen (secondary N) is 1. The first-order valence-electron chi connectivity index (χ1n) is 5.79. The van der Waals surface area contributed by atoms with E-state index in [1.807, 2.05) is 0 Å². The number of hydrogen-bond acceptors (Lipinski definition) is 4. The average Bonchev–Trinajstić information content (AvgIpc) is 2.34. The van der Waals surface area contributed by atoms with E-state index in [0.29, 0.717) is 24.2 Å². The van der Waals surface area contributed by atoms with Gasteiger partial charge in [0.05, 0.1) is 4.92 Å². The maximum atomic E-state index is 11.8. The normalized spacial score (nSPS) is 9.58. The van der Waals surface area contributed by atoms with Crippen molar-refractivity contribution < 1.29 is 9.72 Å². The maximum Gasteiger partial charge on any atom is 0.269 e. The zero-order valence-corrected chi connectivity index (χ0v) is 11.5. The van der Waals surface area contributed by atoms with Crippen LogP contribution in [0.4, 0.5) is 5.69 Å². The number of nitro groups is 1. The average molecular weight is 288 g/mol. The highest BCUT2D eigenvalue weighted by atomic mass is 35.5. The minimum atomic E-state index is -0.476. The Morgan fingerprint density at radius 3 is 2.63 bits per heavy atom. The number of hydrogen-bond donors (Lipinski definition) is 2. The van der Waals surface area contributed by atoms with Crippen LogP contribution in [0.2, 0.25) is 0 Å². The van der Waals surface area contributed by atoms with Gasteiger partial charge in [0.1, 0.15) is 0 Å². The van der Waals surface area contributed by atoms with Crippen molar-refractivity contribution in [3.05, 3.63) is 39.4 Å². The first kappa shape index (κ1) is 17.3. The number of halogens is 1. The van der Waals surface area contributed by atoms with E-state index >= 15 is 0 Å². The summed E-state index contributed by atoms with van der Waals surface area (Å²) in [4.78, 5) is 21.9. The van der Waals surface area contributed by atoms with Crippen molar-refractivity contribution in [2.75, 3.05) is 13.1 Å². The fourth-order valence-corrected chi connectivity index (χ4v) is 1.58. The van der Waals surface area contributed by atoms with Crippen LogP contribution in [0.25, 0.3) is 0 Å². The molecule has 0 atom stereocenters. The van der Waals surface area contributed by atoms with Crippen molar-refractivity contribution in [2.45, 2.75) is 19.8 Å². The SMILES string of the molecule is Cc1cc([N+](=O)[O-])ccc1C(=O)NCCCCN.Cl. The third-order valence-electron chi connectivity index (χ3n) is 2.58. The number of nitrogens with zero attached hydrogens (tertiary/aromatic N) is 1. The van der Waals surface area contributed by atoms with Gasteiger partial charge in [-0.2, -0.15) is 0 Å². The number of unbranched alkanes of at least 4 members (excludes halogenated alkanes) is 1. The molecule has 1 aromatic rings. The monoisotopic (exact) mass is 287 g/mol. The van der Waals surface area contributed by atoms with Gasteiger partial charge in [-0.25, -0.2) is 0 Å². The summed E-state index contributed by atoms with van der Waals surface area (Å²) in [6.07, 6.45) is 1.69. The molecule has 7 heteroatoms. The van der Waals surface area contributed by atoms with E-state index < -0.39 is 4.92 Å². The molecule has 0 saturated heterocycles. The van der Waals surface area contributed by atoms with E-state index in [2.05, 4.69) is 5.32 Å². The van der Waals surface area contributed by atoms with Crippen LogP contribution in [0.5, 0.6) is 0 Å². The molecular weight excluding hydrogens is 270 g/mol. The number of nitro benzene ring substituents is 1. The first-order valence-corrected chi connectivity index (χ1v) is 5.79. The van der Waals surface area contributed by atoms with Crippen molar-refractivity contribution >= 4 is 24.0 Å². The fraction of sp³-hybridized carbons (Fsp3) is 0.417. The van der Waals surface area contributed by atoms with Gasteiger partial charge in [-0.15, -0.1) is 12.4 Å². The minimum absolute atomic E-state index is 0. The number of benzene rings is 1. The zero-order chi connectivity index (χ0) is 13.5. The largest absolute Gasteiger partial charge is 0.352 e. The van der Waals surface area contributed by atoms with Gasteiger partial charge in [-0.1, -0.05) is 0 Å². The predicted octanol–water partition coefficient (Wildman–Crippen LogP) is 1.79. The summed E-state index contributed by atoms with van der Waals surface area (Å²) in [5.41, 5.74) is 6.41. The molecule has 1 rings (SSSR count). The molecule has 0 heterocycles. The third-order valence-corrected chi connectivity index (χ3v) is 2.58. The smallest absolute Gasteiger partial charge is 0.269 e. The second-order valence-corrected chi connectivity index (χ2v) is 4.01. The quantitative estimate of drug-likeness (QED) is 0.473. The van der Waals surface area contributed by atoms with Crippen LogP contribution in [0.3, 0.4) is 0 Å². The van der Waals surface area contributed by atoms with Crippen LogP contribution in [0.1, 0.15) is 28.8 Å². The second-order valence-electron chi connectivity index (χ2n) is 4.01. The Kier molecular flexibility index (Phi) is 7.71. The Morgan fingerprint density at radius 1 is 1.42 bits per heavy atom. The Hall–Kier alpha value is -1.66. The van der Waals surface area contributed by atoms with E-state index in [-0.39, 0.29) is 24.0 Å². The summed E-state index contributed by atoms with van der Waals surface area (Å²) in [5, 5.41) is 13.3. The lowest BCUT2D eigenvalue weighted by atomic mass is 10.1. The molecular formula is C12H18ClN3O3. The molecule has 0 aromatic heterocycles. The molecule has 0 unspecified atom stereocenters. The third kappa shape index (κ3) is 5.23. The van der Waals surface area contributed by atoms with Crippen molar-refractivity contribution in [2.24, 2.45) is 5.73 Å². The molecule has 0 radical (unpaired) electrons. The number of nitrogens with two attached hydrogens (primary N) is 1. The first-order chi connectivity index (χ1) is 8.56. The topological polar surface area (TPSA) is 98.3 Å². The van der Waals surface area contributed by atoms with E-state index in [0.717, 1.165) is 12.8 Å². The Bertz CT molecular complexity index is 452. The van der Waals surface area contributed by atoms with Crippen molar-refractivity contribution in [3.8, 4) is 0 Å². The molecule has 6 nitrogen and oxygen atoms in total. The van der Waals surface area contributed by atoms with Crippen LogP contribution in [0.15, 0.2) is 18.2 Å². The van der Waals surface area contributed by atoms with Crippen molar-refractivity contribution in [3.63, 3.8) is 0 Å². The Balaban J connectivity index is 0.00000324. The lowest BCUT2D eigenvalue weighted by molar-refractivity contribution is -0.384. The molecule has 1 aromatic carbocycles. The molecule has 19 heavy (non-hydrogen) atoms. The van der Waals surface area contributed by atoms with Crippen LogP contribution in [-0.2, 0) is 0 Å². The van der Waals surface area contributed by atoms with Crippen LogP contribution in [-0.4, -0.2) is 23.9 Å². The number of non-ortho nitro benzene ring substituents is 1. The summed E-state index contributed by atoms with van der Waals surface area (Å²) < 4.78 is 0. The van der Waals surface area contributed by atoms with E-state index in [1.54, 1.807) is 6.92 Å². The molecule has 106 valence electrons. The number of amides is 1. The van der Waals surface area contributed by atoms with Crippen LogP contribution in [0, 0.1) is 17.0 Å². The van der Waals surface area contributed by atoms with Gasteiger partial charge < -0.3 is 11.1 Å². The second kappa shape index (κ2) is 8.44. The maximum absolute atomic E-state index is 11.8. The van der Waals surface area contributed by atoms with Crippen LogP contribution < -0.4 is 11.1 Å². The highest BCUT2D eigenvalue weighted by Gasteiger charge is 2.12. The standard InChI is InChI=1S/C12H17N3O3.ClH/c1-9-8-10(15(17)18)4-5-11(9)12(16)14-7-3-2-6-13;/h4-5,8H,2-3,6-7,13H2,1H3,(H,14,16);1H. The summed E-state index contributed by atoms with van der Waals surface area (Å²) in [7, 11) is 0. The molecule has 3 N–H and O–H groups in total. The number of aryl methyl sites for hydroxylation is 1. The van der Waals surface area contributed by atoms with Gasteiger partial charge in [0.15, 0.2) is 0 Å². The summed E-state index contributed by atoms with van der Waals surface area (Å²) >= 11 is 0. The molecule has 0 aliphatic heterocycles. The molecule has 0 spiro atoms. The lowest BCUT2D eigenvalue weighted by Gasteiger charge is -2.07. The van der Waals surface area contributed by atoms with Gasteiger partial charge in [-0.05, 0) is 37.9 Å². The molecule has 0 saturated carbocycles. The van der Waals surface area contributed by atoms with Gasteiger partial charge in [-0.3, -0.25) is 14.9 Å². The van der Waals surface area contributed by atoms with Gasteiger partial charge >= 0.3 is 0 Å². The van der Waals surface area contributed by atoms with E-state index in [9.17, 15) is 14.9 Å². The fourth-order valence-electron chi connectivity index (χ4n) is 1.58. The van der Waals surface area contributed by atoms with Gasteiger partial charge in [0.25, 0.3) is 11.6 Å². The summed E-state index contributed by atoms with van der Waals surface area (Å²) in [6, 6.07) is 4.21. The molecule has 0 aliphatic rings. The zero-order valence-electron chi connectivity index (χ0n) is 10.7. The molecule has 0 fully saturated rings. The number of carbonyl (C=O) groups excluding carboxylic acids is 1. The van der Waals surface area contributed by atoms with E-state index in [1.165, 1.54) is 18.2 Å². The van der Waals surface area contributed by atoms with E-state index in [4.69, 9.17) is 5.73 Å². The predicted molar refractivity (Wildman–Crippen MR) is 75.7 cm³/mol. The minimum Gasteiger partial charge on any atom is -0.352 e.